The van der Waals surface area contributed by atoms with Crippen LogP contribution >= 0.6 is 0 Å². The summed E-state index contributed by atoms with van der Waals surface area (Å²) in [6, 6.07) is 3.41. The number of hydrogen-bond donors (Lipinski definition) is 2. The number of primary amides is 1. The van der Waals surface area contributed by atoms with E-state index >= 15 is 0 Å². The lowest BCUT2D eigenvalue weighted by Crippen LogP contribution is -2.47. The van der Waals surface area contributed by atoms with E-state index in [-0.39, 0.29) is 18.6 Å². The molecule has 2 amide bonds. The maximum absolute atomic E-state index is 12.6. The topological polar surface area (TPSA) is 81.4 Å². The average Bonchev–Trinajstić information content (AvgIpc) is 2.43. The van der Waals surface area contributed by atoms with Crippen LogP contribution in [0.2, 0.25) is 0 Å². The Morgan fingerprint density at radius 1 is 1.36 bits per heavy atom. The molecule has 0 fully saturated rings. The van der Waals surface area contributed by atoms with Gasteiger partial charge in [-0.1, -0.05) is 18.2 Å². The Labute approximate surface area is 125 Å². The van der Waals surface area contributed by atoms with Crippen molar-refractivity contribution in [3.63, 3.8) is 0 Å². The summed E-state index contributed by atoms with van der Waals surface area (Å²) in [6.45, 7) is 1.77. The highest BCUT2D eigenvalue weighted by molar-refractivity contribution is 5.87. The molecule has 0 aromatic heterocycles. The molecule has 22 heavy (non-hydrogen) atoms. The number of carbonyl (C=O) groups excluding carboxylic acids is 2. The largest absolute Gasteiger partial charge is 0.416 e. The molecule has 122 valence electrons. The molecular weight excluding hydrogens is 301 g/mol. The third kappa shape index (κ3) is 5.72. The van der Waals surface area contributed by atoms with E-state index in [1.807, 2.05) is 0 Å². The second kappa shape index (κ2) is 7.79. The number of rotatable bonds is 7. The van der Waals surface area contributed by atoms with E-state index in [0.717, 1.165) is 12.1 Å². The predicted molar refractivity (Wildman–Crippen MR) is 72.8 cm³/mol. The van der Waals surface area contributed by atoms with Crippen LogP contribution in [-0.2, 0) is 26.9 Å². The number of nitrogens with one attached hydrogen (secondary N) is 1. The SMILES string of the molecule is CCOCC(=O)N[C@@H](Cc1cccc(C(F)(F)F)c1)C(N)=O. The Balaban J connectivity index is 2.79. The summed E-state index contributed by atoms with van der Waals surface area (Å²) in [4.78, 5) is 22.8. The fourth-order valence-corrected chi connectivity index (χ4v) is 1.76. The van der Waals surface area contributed by atoms with Gasteiger partial charge >= 0.3 is 6.18 Å². The summed E-state index contributed by atoms with van der Waals surface area (Å²) in [5.74, 6) is -1.39. The Kier molecular flexibility index (Phi) is 6.36. The van der Waals surface area contributed by atoms with E-state index in [9.17, 15) is 22.8 Å². The molecule has 0 heterocycles. The molecule has 8 heteroatoms. The zero-order chi connectivity index (χ0) is 16.8. The summed E-state index contributed by atoms with van der Waals surface area (Å²) in [5.41, 5.74) is 4.59. The lowest BCUT2D eigenvalue weighted by Gasteiger charge is -2.16. The number of amides is 2. The number of hydrogen-bond acceptors (Lipinski definition) is 3. The highest BCUT2D eigenvalue weighted by Crippen LogP contribution is 2.29. The van der Waals surface area contributed by atoms with Crippen molar-refractivity contribution in [2.45, 2.75) is 25.6 Å². The third-order valence-corrected chi connectivity index (χ3v) is 2.81. The lowest BCUT2D eigenvalue weighted by atomic mass is 10.0. The molecule has 0 saturated heterocycles. The van der Waals surface area contributed by atoms with Crippen LogP contribution in [0.25, 0.3) is 0 Å². The van der Waals surface area contributed by atoms with Gasteiger partial charge in [0.2, 0.25) is 11.8 Å². The monoisotopic (exact) mass is 318 g/mol. The standard InChI is InChI=1S/C14H17F3N2O3/c1-2-22-8-12(20)19-11(13(18)21)7-9-4-3-5-10(6-9)14(15,16)17/h3-6,11H,2,7-8H2,1H3,(H2,18,21)(H,19,20)/t11-/m0/s1. The molecule has 5 nitrogen and oxygen atoms in total. The van der Waals surface area contributed by atoms with E-state index in [0.29, 0.717) is 6.61 Å². The number of carbonyl (C=O) groups is 2. The summed E-state index contributed by atoms with van der Waals surface area (Å²) in [7, 11) is 0. The minimum atomic E-state index is -4.48. The number of benzene rings is 1. The van der Waals surface area contributed by atoms with Gasteiger partial charge in [-0.3, -0.25) is 9.59 Å². The molecule has 0 aliphatic heterocycles. The summed E-state index contributed by atoms with van der Waals surface area (Å²) in [6.07, 6.45) is -4.60. The van der Waals surface area contributed by atoms with Gasteiger partial charge in [-0.25, -0.2) is 0 Å². The second-order valence-electron chi connectivity index (χ2n) is 4.56. The van der Waals surface area contributed by atoms with Gasteiger partial charge in [-0.05, 0) is 18.6 Å². The number of alkyl halides is 3. The van der Waals surface area contributed by atoms with E-state index < -0.39 is 29.6 Å². The fourth-order valence-electron chi connectivity index (χ4n) is 1.76. The minimum Gasteiger partial charge on any atom is -0.372 e. The van der Waals surface area contributed by atoms with Gasteiger partial charge < -0.3 is 15.8 Å². The lowest BCUT2D eigenvalue weighted by molar-refractivity contribution is -0.137. The molecule has 0 aliphatic carbocycles. The van der Waals surface area contributed by atoms with E-state index in [1.165, 1.54) is 12.1 Å². The van der Waals surface area contributed by atoms with Crippen LogP contribution < -0.4 is 11.1 Å². The van der Waals surface area contributed by atoms with Crippen molar-refractivity contribution < 1.29 is 27.5 Å². The molecule has 0 radical (unpaired) electrons. The summed E-state index contributed by atoms with van der Waals surface area (Å²) < 4.78 is 42.8. The molecule has 0 saturated carbocycles. The Hall–Kier alpha value is -2.09. The van der Waals surface area contributed by atoms with E-state index in [2.05, 4.69) is 5.32 Å². The van der Waals surface area contributed by atoms with Crippen molar-refractivity contribution in [1.82, 2.24) is 5.32 Å². The minimum absolute atomic E-state index is 0.128. The molecule has 1 atom stereocenters. The number of nitrogens with two attached hydrogens (primary N) is 1. The van der Waals surface area contributed by atoms with Gasteiger partial charge in [0.15, 0.2) is 0 Å². The first kappa shape index (κ1) is 18.0. The van der Waals surface area contributed by atoms with Crippen LogP contribution in [0.4, 0.5) is 13.2 Å². The zero-order valence-corrected chi connectivity index (χ0v) is 11.9. The average molecular weight is 318 g/mol. The van der Waals surface area contributed by atoms with Crippen LogP contribution in [0.15, 0.2) is 24.3 Å². The normalized spacial score (nSPS) is 12.7. The van der Waals surface area contributed by atoms with Crippen molar-refractivity contribution in [1.29, 1.82) is 0 Å². The van der Waals surface area contributed by atoms with Crippen molar-refractivity contribution in [2.75, 3.05) is 13.2 Å². The van der Waals surface area contributed by atoms with E-state index in [1.54, 1.807) is 6.92 Å². The van der Waals surface area contributed by atoms with Crippen LogP contribution in [0.1, 0.15) is 18.1 Å². The molecule has 0 aliphatic rings. The van der Waals surface area contributed by atoms with Gasteiger partial charge in [-0.15, -0.1) is 0 Å². The van der Waals surface area contributed by atoms with Gasteiger partial charge in [0.05, 0.1) is 5.56 Å². The molecule has 0 unspecified atom stereocenters. The molecular formula is C14H17F3N2O3. The highest BCUT2D eigenvalue weighted by atomic mass is 19.4. The predicted octanol–water partition coefficient (Wildman–Crippen LogP) is 1.25. The van der Waals surface area contributed by atoms with Crippen LogP contribution in [0.5, 0.6) is 0 Å². The van der Waals surface area contributed by atoms with Gasteiger partial charge in [0.1, 0.15) is 12.6 Å². The zero-order valence-electron chi connectivity index (χ0n) is 11.9. The molecule has 1 aromatic rings. The highest BCUT2D eigenvalue weighted by Gasteiger charge is 2.30. The van der Waals surface area contributed by atoms with Gasteiger partial charge in [0.25, 0.3) is 0 Å². The molecule has 0 bridgehead atoms. The van der Waals surface area contributed by atoms with Crippen molar-refractivity contribution in [2.24, 2.45) is 5.73 Å². The maximum atomic E-state index is 12.6. The second-order valence-corrected chi connectivity index (χ2v) is 4.56. The van der Waals surface area contributed by atoms with Crippen LogP contribution in [0, 0.1) is 0 Å². The fraction of sp³-hybridized carbons (Fsp3) is 0.429. The summed E-state index contributed by atoms with van der Waals surface area (Å²) in [5, 5.41) is 2.34. The van der Waals surface area contributed by atoms with Gasteiger partial charge in [0, 0.05) is 13.0 Å². The van der Waals surface area contributed by atoms with Crippen LogP contribution in [-0.4, -0.2) is 31.1 Å². The van der Waals surface area contributed by atoms with E-state index in [4.69, 9.17) is 10.5 Å². The van der Waals surface area contributed by atoms with Crippen LogP contribution in [0.3, 0.4) is 0 Å². The quantitative estimate of drug-likeness (QED) is 0.794. The van der Waals surface area contributed by atoms with Crippen molar-refractivity contribution >= 4 is 11.8 Å². The Morgan fingerprint density at radius 2 is 2.05 bits per heavy atom. The summed E-state index contributed by atoms with van der Waals surface area (Å²) >= 11 is 0. The molecule has 1 aromatic carbocycles. The molecule has 3 N–H and O–H groups in total. The first-order chi connectivity index (χ1) is 10.2. The maximum Gasteiger partial charge on any atom is 0.416 e. The molecule has 0 spiro atoms. The Bertz CT molecular complexity index is 532. The van der Waals surface area contributed by atoms with Crippen molar-refractivity contribution in [3.05, 3.63) is 35.4 Å². The first-order valence-corrected chi connectivity index (χ1v) is 6.56. The molecule has 1 rings (SSSR count). The first-order valence-electron chi connectivity index (χ1n) is 6.56. The van der Waals surface area contributed by atoms with Gasteiger partial charge in [-0.2, -0.15) is 13.2 Å². The van der Waals surface area contributed by atoms with Crippen molar-refractivity contribution in [3.8, 4) is 0 Å². The third-order valence-electron chi connectivity index (χ3n) is 2.81. The number of ether oxygens (including phenoxy) is 1. The smallest absolute Gasteiger partial charge is 0.372 e. The number of halogens is 3. The Morgan fingerprint density at radius 3 is 2.59 bits per heavy atom.